The highest BCUT2D eigenvalue weighted by Crippen LogP contribution is 2.25. The van der Waals surface area contributed by atoms with Gasteiger partial charge in [0.15, 0.2) is 0 Å². The number of nitrogen functional groups attached to an aromatic ring is 1. The molecule has 0 bridgehead atoms. The summed E-state index contributed by atoms with van der Waals surface area (Å²) in [4.78, 5) is 15.7. The Morgan fingerprint density at radius 3 is 2.94 bits per heavy atom. The van der Waals surface area contributed by atoms with Crippen molar-refractivity contribution in [3.63, 3.8) is 0 Å². The molecular weight excluding hydrogens is 237 g/mol. The number of carbonyl (C=O) groups is 1. The zero-order valence-electron chi connectivity index (χ0n) is 9.48. The zero-order chi connectivity index (χ0) is 13.1. The topological polar surface area (TPSA) is 88.2 Å². The second kappa shape index (κ2) is 4.97. The minimum absolute atomic E-state index is 0.0537. The first-order valence-corrected chi connectivity index (χ1v) is 5.37. The van der Waals surface area contributed by atoms with Crippen molar-refractivity contribution < 1.29 is 14.3 Å². The Hall–Kier alpha value is -2.21. The first kappa shape index (κ1) is 12.3. The van der Waals surface area contributed by atoms with Crippen LogP contribution in [0.3, 0.4) is 0 Å². The van der Waals surface area contributed by atoms with Crippen LogP contribution in [-0.4, -0.2) is 29.1 Å². The van der Waals surface area contributed by atoms with Crippen molar-refractivity contribution >= 4 is 22.4 Å². The van der Waals surface area contributed by atoms with Crippen LogP contribution in [0.4, 0.5) is 10.1 Å². The maximum atomic E-state index is 13.6. The SMILES string of the molecule is Nc1ccc(F)c2ccnc(C(=O)NCCO)c12. The van der Waals surface area contributed by atoms with Crippen LogP contribution in [0.1, 0.15) is 10.5 Å². The number of benzene rings is 1. The van der Waals surface area contributed by atoms with Crippen LogP contribution in [0.15, 0.2) is 24.4 Å². The molecule has 0 atom stereocenters. The predicted octanol–water partition coefficient (Wildman–Crippen LogP) is 0.678. The Balaban J connectivity index is 2.58. The van der Waals surface area contributed by atoms with Gasteiger partial charge in [-0.3, -0.25) is 9.78 Å². The molecule has 0 aliphatic rings. The number of nitrogens with one attached hydrogen (secondary N) is 1. The molecule has 1 heterocycles. The van der Waals surface area contributed by atoms with Crippen molar-refractivity contribution in [2.75, 3.05) is 18.9 Å². The van der Waals surface area contributed by atoms with Crippen LogP contribution >= 0.6 is 0 Å². The van der Waals surface area contributed by atoms with Gasteiger partial charge in [-0.1, -0.05) is 0 Å². The highest BCUT2D eigenvalue weighted by atomic mass is 19.1. The van der Waals surface area contributed by atoms with Crippen LogP contribution in [0.2, 0.25) is 0 Å². The number of rotatable bonds is 3. The molecule has 0 aliphatic carbocycles. The number of aliphatic hydroxyl groups excluding tert-OH is 1. The maximum absolute atomic E-state index is 13.6. The molecule has 0 unspecified atom stereocenters. The molecule has 94 valence electrons. The first-order chi connectivity index (χ1) is 8.65. The lowest BCUT2D eigenvalue weighted by Crippen LogP contribution is -2.27. The summed E-state index contributed by atoms with van der Waals surface area (Å²) in [6.45, 7) is -0.0769. The molecule has 2 rings (SSSR count). The molecule has 0 fully saturated rings. The molecule has 18 heavy (non-hydrogen) atoms. The fraction of sp³-hybridized carbons (Fsp3) is 0.167. The summed E-state index contributed by atoms with van der Waals surface area (Å²) in [5.74, 6) is -0.954. The van der Waals surface area contributed by atoms with E-state index in [-0.39, 0.29) is 35.3 Å². The van der Waals surface area contributed by atoms with Crippen LogP contribution in [0.25, 0.3) is 10.8 Å². The van der Waals surface area contributed by atoms with Crippen LogP contribution in [0, 0.1) is 5.82 Å². The molecule has 0 saturated heterocycles. The third-order valence-electron chi connectivity index (χ3n) is 2.52. The normalized spacial score (nSPS) is 10.6. The number of hydrogen-bond donors (Lipinski definition) is 3. The van der Waals surface area contributed by atoms with E-state index in [1.807, 2.05) is 0 Å². The Kier molecular flexibility index (Phi) is 3.38. The molecular formula is C12H12FN3O2. The van der Waals surface area contributed by atoms with Crippen LogP contribution < -0.4 is 11.1 Å². The smallest absolute Gasteiger partial charge is 0.270 e. The fourth-order valence-electron chi connectivity index (χ4n) is 1.71. The van der Waals surface area contributed by atoms with Gasteiger partial charge in [-0.15, -0.1) is 0 Å². The lowest BCUT2D eigenvalue weighted by Gasteiger charge is -2.08. The first-order valence-electron chi connectivity index (χ1n) is 5.37. The van der Waals surface area contributed by atoms with Crippen molar-refractivity contribution in [3.05, 3.63) is 35.9 Å². The molecule has 0 spiro atoms. The summed E-state index contributed by atoms with van der Waals surface area (Å²) in [5, 5.41) is 11.6. The number of fused-ring (bicyclic) bond motifs is 1. The van der Waals surface area contributed by atoms with E-state index >= 15 is 0 Å². The fourth-order valence-corrected chi connectivity index (χ4v) is 1.71. The third kappa shape index (κ3) is 2.10. The molecule has 4 N–H and O–H groups in total. The standard InChI is InChI=1S/C12H12FN3O2/c13-8-1-2-9(14)10-7(8)3-4-15-11(10)12(18)16-5-6-17/h1-4,17H,5-6,14H2,(H,16,18). The summed E-state index contributed by atoms with van der Waals surface area (Å²) in [5.41, 5.74) is 6.10. The maximum Gasteiger partial charge on any atom is 0.270 e. The number of anilines is 1. The molecule has 5 nitrogen and oxygen atoms in total. The number of amides is 1. The van der Waals surface area contributed by atoms with Gasteiger partial charge >= 0.3 is 0 Å². The van der Waals surface area contributed by atoms with Gasteiger partial charge in [-0.25, -0.2) is 4.39 Å². The molecule has 2 aromatic rings. The van der Waals surface area contributed by atoms with E-state index in [4.69, 9.17) is 10.8 Å². The molecule has 1 aromatic heterocycles. The van der Waals surface area contributed by atoms with Gasteiger partial charge in [0.25, 0.3) is 5.91 Å². The predicted molar refractivity (Wildman–Crippen MR) is 65.5 cm³/mol. The summed E-state index contributed by atoms with van der Waals surface area (Å²) in [6, 6.07) is 4.10. The van der Waals surface area contributed by atoms with E-state index in [0.29, 0.717) is 0 Å². The van der Waals surface area contributed by atoms with Gasteiger partial charge in [-0.05, 0) is 18.2 Å². The molecule has 1 amide bonds. The zero-order valence-corrected chi connectivity index (χ0v) is 9.48. The second-order valence-electron chi connectivity index (χ2n) is 3.70. The van der Waals surface area contributed by atoms with Crippen molar-refractivity contribution in [2.24, 2.45) is 0 Å². The highest BCUT2D eigenvalue weighted by molar-refractivity contribution is 6.09. The number of halogens is 1. The number of aliphatic hydroxyl groups is 1. The molecule has 0 aliphatic heterocycles. The number of carbonyl (C=O) groups excluding carboxylic acids is 1. The summed E-state index contributed by atoms with van der Waals surface area (Å²) in [6.07, 6.45) is 1.35. The highest BCUT2D eigenvalue weighted by Gasteiger charge is 2.15. The number of aromatic nitrogens is 1. The van der Waals surface area contributed by atoms with E-state index in [1.54, 1.807) is 0 Å². The van der Waals surface area contributed by atoms with E-state index in [2.05, 4.69) is 10.3 Å². The Morgan fingerprint density at radius 2 is 2.22 bits per heavy atom. The average molecular weight is 249 g/mol. The van der Waals surface area contributed by atoms with Crippen molar-refractivity contribution in [1.82, 2.24) is 10.3 Å². The number of nitrogens with two attached hydrogens (primary N) is 1. The largest absolute Gasteiger partial charge is 0.398 e. The molecule has 1 aromatic carbocycles. The van der Waals surface area contributed by atoms with E-state index in [9.17, 15) is 9.18 Å². The Labute approximate surface area is 102 Å². The minimum atomic E-state index is -0.494. The summed E-state index contributed by atoms with van der Waals surface area (Å²) in [7, 11) is 0. The number of nitrogens with zero attached hydrogens (tertiary/aromatic N) is 1. The molecule has 6 heteroatoms. The quantitative estimate of drug-likeness (QED) is 0.698. The molecule has 0 saturated carbocycles. The van der Waals surface area contributed by atoms with Gasteiger partial charge in [0.05, 0.1) is 6.61 Å². The minimum Gasteiger partial charge on any atom is -0.398 e. The van der Waals surface area contributed by atoms with Crippen molar-refractivity contribution in [1.29, 1.82) is 0 Å². The summed E-state index contributed by atoms with van der Waals surface area (Å²) < 4.78 is 13.6. The molecule has 0 radical (unpaired) electrons. The van der Waals surface area contributed by atoms with Crippen LogP contribution in [-0.2, 0) is 0 Å². The summed E-state index contributed by atoms with van der Waals surface area (Å²) >= 11 is 0. The van der Waals surface area contributed by atoms with Crippen molar-refractivity contribution in [3.8, 4) is 0 Å². The van der Waals surface area contributed by atoms with Gasteiger partial charge in [0.1, 0.15) is 11.5 Å². The Bertz CT molecular complexity index is 601. The average Bonchev–Trinajstić information content (AvgIpc) is 2.39. The van der Waals surface area contributed by atoms with Gasteiger partial charge < -0.3 is 16.2 Å². The van der Waals surface area contributed by atoms with E-state index in [1.165, 1.54) is 24.4 Å². The van der Waals surface area contributed by atoms with Crippen LogP contribution in [0.5, 0.6) is 0 Å². The number of hydrogen-bond acceptors (Lipinski definition) is 4. The third-order valence-corrected chi connectivity index (χ3v) is 2.52. The lowest BCUT2D eigenvalue weighted by atomic mass is 10.1. The lowest BCUT2D eigenvalue weighted by molar-refractivity contribution is 0.0941. The van der Waals surface area contributed by atoms with Gasteiger partial charge in [0, 0.05) is 29.2 Å². The Morgan fingerprint density at radius 1 is 1.44 bits per heavy atom. The second-order valence-corrected chi connectivity index (χ2v) is 3.70. The van der Waals surface area contributed by atoms with Gasteiger partial charge in [0.2, 0.25) is 0 Å². The van der Waals surface area contributed by atoms with E-state index < -0.39 is 11.7 Å². The van der Waals surface area contributed by atoms with Gasteiger partial charge in [-0.2, -0.15) is 0 Å². The van der Waals surface area contributed by atoms with Crippen molar-refractivity contribution in [2.45, 2.75) is 0 Å². The van der Waals surface area contributed by atoms with E-state index in [0.717, 1.165) is 0 Å². The number of pyridine rings is 1. The monoisotopic (exact) mass is 249 g/mol.